The molecule has 0 atom stereocenters. The monoisotopic (exact) mass is 276 g/mol. The molecule has 1 aromatic rings. The van der Waals surface area contributed by atoms with Crippen LogP contribution in [0.15, 0.2) is 18.2 Å². The van der Waals surface area contributed by atoms with E-state index in [0.717, 1.165) is 31.2 Å². The van der Waals surface area contributed by atoms with Gasteiger partial charge >= 0.3 is 0 Å². The highest BCUT2D eigenvalue weighted by molar-refractivity contribution is 6.00. The summed E-state index contributed by atoms with van der Waals surface area (Å²) >= 11 is 0. The zero-order valence-corrected chi connectivity index (χ0v) is 12.3. The molecule has 0 spiro atoms. The molecule has 1 fully saturated rings. The number of hydrogen-bond donors (Lipinski definition) is 3. The Labute approximate surface area is 120 Å². The Bertz CT molecular complexity index is 491. The molecule has 0 heterocycles. The number of carbonyl (C=O) groups excluding carboxylic acids is 1. The molecule has 1 aliphatic rings. The first-order valence-electron chi connectivity index (χ1n) is 7.26. The smallest absolute Gasteiger partial charge is 0.253 e. The van der Waals surface area contributed by atoms with E-state index < -0.39 is 5.54 Å². The number of anilines is 1. The Kier molecular flexibility index (Phi) is 4.33. The fourth-order valence-electron chi connectivity index (χ4n) is 2.82. The largest absolute Gasteiger partial charge is 0.398 e. The molecule has 1 aromatic carbocycles. The summed E-state index contributed by atoms with van der Waals surface area (Å²) in [7, 11) is 0. The lowest BCUT2D eigenvalue weighted by molar-refractivity contribution is 0.0718. The van der Waals surface area contributed by atoms with Crippen LogP contribution in [0, 0.1) is 12.8 Å². The van der Waals surface area contributed by atoms with Crippen LogP contribution >= 0.6 is 0 Å². The number of rotatable bonds is 3. The van der Waals surface area contributed by atoms with Crippen molar-refractivity contribution in [2.75, 3.05) is 12.3 Å². The molecule has 20 heavy (non-hydrogen) atoms. The molecule has 4 heteroatoms. The number of carbonyl (C=O) groups is 1. The van der Waals surface area contributed by atoms with Crippen LogP contribution < -0.4 is 11.1 Å². The molecule has 0 unspecified atom stereocenters. The van der Waals surface area contributed by atoms with Crippen LogP contribution in [0.25, 0.3) is 0 Å². The number of nitrogens with two attached hydrogens (primary N) is 1. The lowest BCUT2D eigenvalue weighted by Crippen LogP contribution is -2.53. The molecule has 0 bridgehead atoms. The first-order chi connectivity index (χ1) is 9.47. The Morgan fingerprint density at radius 1 is 1.45 bits per heavy atom. The van der Waals surface area contributed by atoms with Crippen LogP contribution in [0.4, 0.5) is 5.69 Å². The van der Waals surface area contributed by atoms with Crippen LogP contribution in [-0.2, 0) is 0 Å². The van der Waals surface area contributed by atoms with Crippen molar-refractivity contribution in [3.05, 3.63) is 29.3 Å². The van der Waals surface area contributed by atoms with Crippen molar-refractivity contribution in [3.8, 4) is 0 Å². The second-order valence-corrected chi connectivity index (χ2v) is 6.11. The Hall–Kier alpha value is -1.55. The number of aliphatic hydroxyl groups excluding tert-OH is 1. The standard InChI is InChI=1S/C16H24N2O2/c1-11-6-8-16(10-19,9-7-11)18-15(20)13-5-3-4-12(2)14(13)17/h3-5,11,19H,6-10,17H2,1-2H3,(H,18,20). The van der Waals surface area contributed by atoms with Crippen molar-refractivity contribution in [3.63, 3.8) is 0 Å². The van der Waals surface area contributed by atoms with Gasteiger partial charge in [-0.1, -0.05) is 19.1 Å². The van der Waals surface area contributed by atoms with Crippen LogP contribution in [0.3, 0.4) is 0 Å². The summed E-state index contributed by atoms with van der Waals surface area (Å²) in [5.74, 6) is 0.477. The highest BCUT2D eigenvalue weighted by atomic mass is 16.3. The Morgan fingerprint density at radius 2 is 2.10 bits per heavy atom. The van der Waals surface area contributed by atoms with Gasteiger partial charge in [-0.15, -0.1) is 0 Å². The van der Waals surface area contributed by atoms with Gasteiger partial charge in [-0.2, -0.15) is 0 Å². The van der Waals surface area contributed by atoms with Crippen molar-refractivity contribution in [1.29, 1.82) is 0 Å². The van der Waals surface area contributed by atoms with Crippen LogP contribution in [0.2, 0.25) is 0 Å². The fourth-order valence-corrected chi connectivity index (χ4v) is 2.82. The number of nitrogen functional groups attached to an aromatic ring is 1. The average Bonchev–Trinajstić information content (AvgIpc) is 2.44. The summed E-state index contributed by atoms with van der Waals surface area (Å²) in [5, 5.41) is 12.7. The van der Waals surface area contributed by atoms with Crippen molar-refractivity contribution < 1.29 is 9.90 Å². The quantitative estimate of drug-likeness (QED) is 0.741. The number of hydrogen-bond acceptors (Lipinski definition) is 3. The van der Waals surface area contributed by atoms with Gasteiger partial charge in [0, 0.05) is 5.69 Å². The maximum absolute atomic E-state index is 12.4. The van der Waals surface area contributed by atoms with Crippen molar-refractivity contribution in [2.24, 2.45) is 5.92 Å². The maximum atomic E-state index is 12.4. The van der Waals surface area contributed by atoms with Crippen molar-refractivity contribution in [2.45, 2.75) is 45.1 Å². The van der Waals surface area contributed by atoms with Gasteiger partial charge in [0.25, 0.3) is 5.91 Å². The molecule has 110 valence electrons. The normalized spacial score (nSPS) is 26.2. The third-order valence-corrected chi connectivity index (χ3v) is 4.48. The minimum atomic E-state index is -0.486. The average molecular weight is 276 g/mol. The third kappa shape index (κ3) is 2.96. The summed E-state index contributed by atoms with van der Waals surface area (Å²) in [6.07, 6.45) is 3.71. The van der Waals surface area contributed by atoms with Gasteiger partial charge in [-0.25, -0.2) is 0 Å². The van der Waals surface area contributed by atoms with E-state index in [9.17, 15) is 9.90 Å². The van der Waals surface area contributed by atoms with Crippen LogP contribution in [-0.4, -0.2) is 23.2 Å². The van der Waals surface area contributed by atoms with E-state index >= 15 is 0 Å². The SMILES string of the molecule is Cc1cccc(C(=O)NC2(CO)CCC(C)CC2)c1N. The van der Waals surface area contributed by atoms with Crippen LogP contribution in [0.5, 0.6) is 0 Å². The van der Waals surface area contributed by atoms with Gasteiger partial charge < -0.3 is 16.2 Å². The van der Waals surface area contributed by atoms with Crippen LogP contribution in [0.1, 0.15) is 48.5 Å². The number of aryl methyl sites for hydroxylation is 1. The molecular formula is C16H24N2O2. The predicted molar refractivity (Wildman–Crippen MR) is 80.5 cm³/mol. The Morgan fingerprint density at radius 3 is 2.70 bits per heavy atom. The highest BCUT2D eigenvalue weighted by Gasteiger charge is 2.35. The van der Waals surface area contributed by atoms with Crippen molar-refractivity contribution >= 4 is 11.6 Å². The first kappa shape index (κ1) is 14.9. The minimum Gasteiger partial charge on any atom is -0.398 e. The molecular weight excluding hydrogens is 252 g/mol. The van der Waals surface area contributed by atoms with Gasteiger partial charge in [-0.05, 0) is 50.2 Å². The highest BCUT2D eigenvalue weighted by Crippen LogP contribution is 2.32. The molecule has 0 saturated heterocycles. The Balaban J connectivity index is 2.15. The summed E-state index contributed by atoms with van der Waals surface area (Å²) in [6.45, 7) is 4.08. The lowest BCUT2D eigenvalue weighted by Gasteiger charge is -2.38. The third-order valence-electron chi connectivity index (χ3n) is 4.48. The summed E-state index contributed by atoms with van der Waals surface area (Å²) < 4.78 is 0. The van der Waals surface area contributed by atoms with Gasteiger partial charge in [0.1, 0.15) is 0 Å². The molecule has 4 nitrogen and oxygen atoms in total. The number of nitrogens with one attached hydrogen (secondary N) is 1. The summed E-state index contributed by atoms with van der Waals surface area (Å²) in [4.78, 5) is 12.4. The maximum Gasteiger partial charge on any atom is 0.253 e. The zero-order chi connectivity index (χ0) is 14.8. The lowest BCUT2D eigenvalue weighted by atomic mass is 9.77. The summed E-state index contributed by atoms with van der Waals surface area (Å²) in [5.41, 5.74) is 7.39. The molecule has 0 radical (unpaired) electrons. The molecule has 1 aliphatic carbocycles. The van der Waals surface area contributed by atoms with E-state index in [1.165, 1.54) is 0 Å². The van der Waals surface area contributed by atoms with Gasteiger partial charge in [0.05, 0.1) is 17.7 Å². The number of amides is 1. The number of para-hydroxylation sites is 1. The van der Waals surface area contributed by atoms with Gasteiger partial charge in [0.2, 0.25) is 0 Å². The molecule has 4 N–H and O–H groups in total. The molecule has 2 rings (SSSR count). The molecule has 0 aliphatic heterocycles. The second-order valence-electron chi connectivity index (χ2n) is 6.11. The van der Waals surface area contributed by atoms with Crippen molar-refractivity contribution in [1.82, 2.24) is 5.32 Å². The molecule has 1 saturated carbocycles. The minimum absolute atomic E-state index is 0.0167. The van der Waals surface area contributed by atoms with E-state index in [-0.39, 0.29) is 12.5 Å². The summed E-state index contributed by atoms with van der Waals surface area (Å²) in [6, 6.07) is 5.44. The zero-order valence-electron chi connectivity index (χ0n) is 12.3. The van der Waals surface area contributed by atoms with Gasteiger partial charge in [-0.3, -0.25) is 4.79 Å². The second kappa shape index (κ2) is 5.83. The van der Waals surface area contributed by atoms with E-state index in [0.29, 0.717) is 17.2 Å². The van der Waals surface area contributed by atoms with E-state index in [4.69, 9.17) is 5.73 Å². The predicted octanol–water partition coefficient (Wildman–Crippen LogP) is 2.25. The van der Waals surface area contributed by atoms with Gasteiger partial charge in [0.15, 0.2) is 0 Å². The number of benzene rings is 1. The topological polar surface area (TPSA) is 75.3 Å². The molecule has 0 aromatic heterocycles. The molecule has 1 amide bonds. The fraction of sp³-hybridized carbons (Fsp3) is 0.562. The van der Waals surface area contributed by atoms with E-state index in [2.05, 4.69) is 12.2 Å². The van der Waals surface area contributed by atoms with E-state index in [1.54, 1.807) is 6.07 Å². The first-order valence-corrected chi connectivity index (χ1v) is 7.26. The van der Waals surface area contributed by atoms with E-state index in [1.807, 2.05) is 19.1 Å². The number of aliphatic hydroxyl groups is 1.